The van der Waals surface area contributed by atoms with Crippen molar-refractivity contribution in [1.29, 1.82) is 0 Å². The third-order valence-electron chi connectivity index (χ3n) is 4.32. The SMILES string of the molecule is Cc1cc(CN2CCN([C@@H](C)C(=O)NC3CC3)CC2)no1. The molecule has 6 heteroatoms. The molecule has 0 unspecified atom stereocenters. The summed E-state index contributed by atoms with van der Waals surface area (Å²) in [6, 6.07) is 2.40. The molecule has 116 valence electrons. The van der Waals surface area contributed by atoms with Gasteiger partial charge < -0.3 is 9.84 Å². The molecular formula is C15H24N4O2. The molecule has 1 N–H and O–H groups in total. The fraction of sp³-hybridized carbons (Fsp3) is 0.733. The zero-order chi connectivity index (χ0) is 14.8. The number of amides is 1. The predicted molar refractivity (Wildman–Crippen MR) is 78.7 cm³/mol. The van der Waals surface area contributed by atoms with Crippen molar-refractivity contribution in [3.05, 3.63) is 17.5 Å². The van der Waals surface area contributed by atoms with Crippen LogP contribution in [-0.4, -0.2) is 59.1 Å². The van der Waals surface area contributed by atoms with Crippen molar-refractivity contribution in [1.82, 2.24) is 20.3 Å². The average molecular weight is 292 g/mol. The van der Waals surface area contributed by atoms with E-state index in [-0.39, 0.29) is 11.9 Å². The Morgan fingerprint density at radius 1 is 1.43 bits per heavy atom. The molecule has 3 rings (SSSR count). The molecule has 1 atom stereocenters. The van der Waals surface area contributed by atoms with Crippen LogP contribution in [0.1, 0.15) is 31.2 Å². The molecule has 0 spiro atoms. The van der Waals surface area contributed by atoms with E-state index in [0.717, 1.165) is 57.0 Å². The van der Waals surface area contributed by atoms with Crippen LogP contribution < -0.4 is 5.32 Å². The molecule has 6 nitrogen and oxygen atoms in total. The summed E-state index contributed by atoms with van der Waals surface area (Å²) in [5.74, 6) is 1.03. The smallest absolute Gasteiger partial charge is 0.237 e. The van der Waals surface area contributed by atoms with Crippen molar-refractivity contribution in [2.45, 2.75) is 45.3 Å². The van der Waals surface area contributed by atoms with Crippen LogP contribution in [0.15, 0.2) is 10.6 Å². The van der Waals surface area contributed by atoms with Crippen molar-refractivity contribution in [3.63, 3.8) is 0 Å². The lowest BCUT2D eigenvalue weighted by atomic mass is 10.2. The van der Waals surface area contributed by atoms with Crippen LogP contribution in [0.25, 0.3) is 0 Å². The van der Waals surface area contributed by atoms with E-state index in [9.17, 15) is 4.79 Å². The molecule has 1 aromatic heterocycles. The lowest BCUT2D eigenvalue weighted by Crippen LogP contribution is -2.53. The Hall–Kier alpha value is -1.40. The summed E-state index contributed by atoms with van der Waals surface area (Å²) in [6.45, 7) is 8.53. The molecule has 2 aliphatic rings. The van der Waals surface area contributed by atoms with Crippen LogP contribution in [0.3, 0.4) is 0 Å². The number of hydrogen-bond donors (Lipinski definition) is 1. The maximum absolute atomic E-state index is 12.1. The van der Waals surface area contributed by atoms with Crippen LogP contribution in [0.5, 0.6) is 0 Å². The van der Waals surface area contributed by atoms with E-state index in [4.69, 9.17) is 4.52 Å². The summed E-state index contributed by atoms with van der Waals surface area (Å²) in [5, 5.41) is 7.13. The third kappa shape index (κ3) is 3.83. The first-order valence-electron chi connectivity index (χ1n) is 7.81. The number of nitrogens with one attached hydrogen (secondary N) is 1. The zero-order valence-electron chi connectivity index (χ0n) is 12.8. The average Bonchev–Trinajstić information content (AvgIpc) is 3.20. The highest BCUT2D eigenvalue weighted by Crippen LogP contribution is 2.19. The van der Waals surface area contributed by atoms with Crippen LogP contribution >= 0.6 is 0 Å². The second-order valence-corrected chi connectivity index (χ2v) is 6.20. The van der Waals surface area contributed by atoms with Crippen molar-refractivity contribution in [2.24, 2.45) is 0 Å². The molecule has 21 heavy (non-hydrogen) atoms. The van der Waals surface area contributed by atoms with Gasteiger partial charge in [0.2, 0.25) is 5.91 Å². The number of carbonyl (C=O) groups excluding carboxylic acids is 1. The monoisotopic (exact) mass is 292 g/mol. The van der Waals surface area contributed by atoms with Crippen LogP contribution in [0, 0.1) is 6.92 Å². The molecule has 2 heterocycles. The van der Waals surface area contributed by atoms with E-state index in [1.165, 1.54) is 0 Å². The van der Waals surface area contributed by atoms with E-state index < -0.39 is 0 Å². The highest BCUT2D eigenvalue weighted by atomic mass is 16.5. The number of carbonyl (C=O) groups is 1. The maximum atomic E-state index is 12.1. The van der Waals surface area contributed by atoms with Gasteiger partial charge in [0.1, 0.15) is 5.76 Å². The zero-order valence-corrected chi connectivity index (χ0v) is 12.8. The number of hydrogen-bond acceptors (Lipinski definition) is 5. The van der Waals surface area contributed by atoms with Crippen LogP contribution in [-0.2, 0) is 11.3 Å². The normalized spacial score (nSPS) is 22.2. The second-order valence-electron chi connectivity index (χ2n) is 6.20. The minimum Gasteiger partial charge on any atom is -0.361 e. The van der Waals surface area contributed by atoms with Gasteiger partial charge in [-0.3, -0.25) is 14.6 Å². The Kier molecular flexibility index (Phi) is 4.26. The predicted octanol–water partition coefficient (Wildman–Crippen LogP) is 0.768. The number of aryl methyl sites for hydroxylation is 1. The molecule has 1 saturated heterocycles. The minimum absolute atomic E-state index is 0.0259. The molecule has 1 amide bonds. The fourth-order valence-corrected chi connectivity index (χ4v) is 2.75. The molecule has 1 saturated carbocycles. The lowest BCUT2D eigenvalue weighted by molar-refractivity contribution is -0.126. The van der Waals surface area contributed by atoms with Gasteiger partial charge in [-0.05, 0) is 26.7 Å². The van der Waals surface area contributed by atoms with Crippen molar-refractivity contribution >= 4 is 5.91 Å². The molecule has 1 aliphatic carbocycles. The first-order chi connectivity index (χ1) is 10.1. The summed E-state index contributed by atoms with van der Waals surface area (Å²) < 4.78 is 5.10. The summed E-state index contributed by atoms with van der Waals surface area (Å²) >= 11 is 0. The highest BCUT2D eigenvalue weighted by molar-refractivity contribution is 5.81. The Labute approximate surface area is 125 Å². The summed E-state index contributed by atoms with van der Waals surface area (Å²) in [7, 11) is 0. The third-order valence-corrected chi connectivity index (χ3v) is 4.32. The van der Waals surface area contributed by atoms with Gasteiger partial charge in [0.05, 0.1) is 11.7 Å². The molecule has 1 aromatic rings. The van der Waals surface area contributed by atoms with Crippen LogP contribution in [0.2, 0.25) is 0 Å². The van der Waals surface area contributed by atoms with Crippen molar-refractivity contribution < 1.29 is 9.32 Å². The minimum atomic E-state index is -0.0259. The fourth-order valence-electron chi connectivity index (χ4n) is 2.75. The van der Waals surface area contributed by atoms with E-state index in [2.05, 4.69) is 20.3 Å². The first kappa shape index (κ1) is 14.5. The Morgan fingerprint density at radius 2 is 2.14 bits per heavy atom. The van der Waals surface area contributed by atoms with Gasteiger partial charge in [0, 0.05) is 44.8 Å². The molecule has 2 fully saturated rings. The lowest BCUT2D eigenvalue weighted by Gasteiger charge is -2.37. The molecular weight excluding hydrogens is 268 g/mol. The number of piperazine rings is 1. The van der Waals surface area contributed by atoms with E-state index in [0.29, 0.717) is 6.04 Å². The van der Waals surface area contributed by atoms with Crippen LogP contribution in [0.4, 0.5) is 0 Å². The standard InChI is InChI=1S/C15H24N4O2/c1-11-9-14(17-21-11)10-18-5-7-19(8-6-18)12(2)15(20)16-13-3-4-13/h9,12-13H,3-8,10H2,1-2H3,(H,16,20)/t12-/m0/s1. The summed E-state index contributed by atoms with van der Waals surface area (Å²) in [5.41, 5.74) is 0.987. The number of nitrogens with zero attached hydrogens (tertiary/aromatic N) is 3. The molecule has 0 bridgehead atoms. The van der Waals surface area contributed by atoms with E-state index >= 15 is 0 Å². The Morgan fingerprint density at radius 3 is 2.71 bits per heavy atom. The van der Waals surface area contributed by atoms with Gasteiger partial charge in [-0.1, -0.05) is 5.16 Å². The summed E-state index contributed by atoms with van der Waals surface area (Å²) in [6.07, 6.45) is 2.28. The van der Waals surface area contributed by atoms with Crippen molar-refractivity contribution in [3.8, 4) is 0 Å². The van der Waals surface area contributed by atoms with Gasteiger partial charge in [-0.15, -0.1) is 0 Å². The van der Waals surface area contributed by atoms with Gasteiger partial charge in [-0.2, -0.15) is 0 Å². The maximum Gasteiger partial charge on any atom is 0.237 e. The first-order valence-corrected chi connectivity index (χ1v) is 7.81. The van der Waals surface area contributed by atoms with Gasteiger partial charge in [-0.25, -0.2) is 0 Å². The van der Waals surface area contributed by atoms with Gasteiger partial charge >= 0.3 is 0 Å². The number of rotatable bonds is 5. The quantitative estimate of drug-likeness (QED) is 0.868. The van der Waals surface area contributed by atoms with E-state index in [1.807, 2.05) is 19.9 Å². The Balaban J connectivity index is 1.44. The number of aromatic nitrogens is 1. The summed E-state index contributed by atoms with van der Waals surface area (Å²) in [4.78, 5) is 16.7. The Bertz CT molecular complexity index is 490. The van der Waals surface area contributed by atoms with Crippen molar-refractivity contribution in [2.75, 3.05) is 26.2 Å². The largest absolute Gasteiger partial charge is 0.361 e. The van der Waals surface area contributed by atoms with Gasteiger partial charge in [0.15, 0.2) is 0 Å². The molecule has 0 radical (unpaired) electrons. The second kappa shape index (κ2) is 6.15. The topological polar surface area (TPSA) is 61.6 Å². The van der Waals surface area contributed by atoms with E-state index in [1.54, 1.807) is 0 Å². The molecule has 1 aliphatic heterocycles. The molecule has 0 aromatic carbocycles. The highest BCUT2D eigenvalue weighted by Gasteiger charge is 2.30. The van der Waals surface area contributed by atoms with Gasteiger partial charge in [0.25, 0.3) is 0 Å².